The highest BCUT2D eigenvalue weighted by molar-refractivity contribution is 7.91. The van der Waals surface area contributed by atoms with Crippen molar-refractivity contribution in [2.24, 2.45) is 0 Å². The molecule has 2 N–H and O–H groups in total. The lowest BCUT2D eigenvalue weighted by Gasteiger charge is -2.07. The van der Waals surface area contributed by atoms with Crippen LogP contribution in [0, 0.1) is 0 Å². The molecule has 1 rings (SSSR count). The lowest BCUT2D eigenvalue weighted by Crippen LogP contribution is -2.19. The molecular weight excluding hydrogens is 278 g/mol. The molecule has 0 spiro atoms. The van der Waals surface area contributed by atoms with E-state index >= 15 is 0 Å². The van der Waals surface area contributed by atoms with Crippen molar-refractivity contribution < 1.29 is 22.0 Å². The minimum Gasteiger partial charge on any atom is -0.326 e. The van der Waals surface area contributed by atoms with Gasteiger partial charge in [0.15, 0.2) is 0 Å². The van der Waals surface area contributed by atoms with E-state index in [0.717, 1.165) is 12.1 Å². The highest BCUT2D eigenvalue weighted by atomic mass is 32.2. The Labute approximate surface area is 109 Å². The zero-order valence-electron chi connectivity index (χ0n) is 10.2. The van der Waals surface area contributed by atoms with E-state index in [2.05, 4.69) is 10.6 Å². The second-order valence-electron chi connectivity index (χ2n) is 3.74. The van der Waals surface area contributed by atoms with E-state index in [4.69, 9.17) is 0 Å². The van der Waals surface area contributed by atoms with Crippen molar-refractivity contribution in [3.05, 3.63) is 24.3 Å². The molecular formula is C11H14F2N2O3S. The molecule has 0 aliphatic heterocycles. The Hall–Kier alpha value is -1.54. The van der Waals surface area contributed by atoms with Crippen molar-refractivity contribution in [2.45, 2.75) is 17.1 Å². The third-order valence-electron chi connectivity index (χ3n) is 2.28. The quantitative estimate of drug-likeness (QED) is 0.827. The molecule has 8 heteroatoms. The number of sulfone groups is 1. The summed E-state index contributed by atoms with van der Waals surface area (Å²) < 4.78 is 47.3. The molecule has 0 aliphatic rings. The first kappa shape index (κ1) is 15.5. The number of carbonyl (C=O) groups excluding carboxylic acids is 1. The lowest BCUT2D eigenvalue weighted by molar-refractivity contribution is -0.116. The van der Waals surface area contributed by atoms with E-state index in [0.29, 0.717) is 6.54 Å². The van der Waals surface area contributed by atoms with Crippen molar-refractivity contribution in [1.82, 2.24) is 5.32 Å². The Balaban J connectivity index is 2.87. The molecule has 106 valence electrons. The van der Waals surface area contributed by atoms with Crippen LogP contribution in [0.25, 0.3) is 0 Å². The number of alkyl halides is 2. The largest absolute Gasteiger partial charge is 0.341 e. The molecule has 1 aromatic rings. The lowest BCUT2D eigenvalue weighted by atomic mass is 10.3. The summed E-state index contributed by atoms with van der Waals surface area (Å²) >= 11 is 0. The molecule has 0 fully saturated rings. The Bertz CT molecular complexity index is 547. The zero-order valence-corrected chi connectivity index (χ0v) is 11.0. The summed E-state index contributed by atoms with van der Waals surface area (Å²) in [4.78, 5) is 10.9. The smallest absolute Gasteiger partial charge is 0.326 e. The fourth-order valence-corrected chi connectivity index (χ4v) is 2.08. The van der Waals surface area contributed by atoms with Gasteiger partial charge in [-0.2, -0.15) is 8.78 Å². The van der Waals surface area contributed by atoms with Gasteiger partial charge in [-0.05, 0) is 25.2 Å². The first-order valence-electron chi connectivity index (χ1n) is 5.44. The predicted octanol–water partition coefficient (Wildman–Crippen LogP) is 1.23. The van der Waals surface area contributed by atoms with E-state index in [-0.39, 0.29) is 18.0 Å². The number of rotatable bonds is 6. The number of benzene rings is 1. The maximum Gasteiger partial charge on any atom is 0.341 e. The first-order valence-corrected chi connectivity index (χ1v) is 6.99. The molecule has 0 radical (unpaired) electrons. The molecule has 1 amide bonds. The van der Waals surface area contributed by atoms with E-state index < -0.39 is 20.5 Å². The molecule has 0 saturated carbocycles. The van der Waals surface area contributed by atoms with Crippen LogP contribution in [0.2, 0.25) is 0 Å². The predicted molar refractivity (Wildman–Crippen MR) is 66.8 cm³/mol. The van der Waals surface area contributed by atoms with Gasteiger partial charge < -0.3 is 10.6 Å². The SMILES string of the molecule is CNCCC(=O)Nc1cccc(S(=O)(=O)C(F)F)c1. The highest BCUT2D eigenvalue weighted by Gasteiger charge is 2.26. The average Bonchev–Trinajstić information content (AvgIpc) is 2.36. The fraction of sp³-hybridized carbons (Fsp3) is 0.364. The first-order chi connectivity index (χ1) is 8.87. The van der Waals surface area contributed by atoms with Crippen molar-refractivity contribution >= 4 is 21.4 Å². The Morgan fingerprint density at radius 3 is 2.63 bits per heavy atom. The number of anilines is 1. The molecule has 0 aromatic heterocycles. The topological polar surface area (TPSA) is 75.3 Å². The molecule has 0 heterocycles. The molecule has 0 atom stereocenters. The van der Waals surface area contributed by atoms with Gasteiger partial charge in [0.1, 0.15) is 0 Å². The highest BCUT2D eigenvalue weighted by Crippen LogP contribution is 2.21. The van der Waals surface area contributed by atoms with Gasteiger partial charge in [-0.15, -0.1) is 0 Å². The number of hydrogen-bond acceptors (Lipinski definition) is 4. The van der Waals surface area contributed by atoms with Crippen LogP contribution in [0.4, 0.5) is 14.5 Å². The normalized spacial score (nSPS) is 11.6. The Morgan fingerprint density at radius 2 is 2.05 bits per heavy atom. The minimum atomic E-state index is -4.65. The van der Waals surface area contributed by atoms with Crippen molar-refractivity contribution in [1.29, 1.82) is 0 Å². The van der Waals surface area contributed by atoms with Gasteiger partial charge in [0, 0.05) is 18.7 Å². The zero-order chi connectivity index (χ0) is 14.5. The molecule has 0 unspecified atom stereocenters. The van der Waals surface area contributed by atoms with E-state index in [9.17, 15) is 22.0 Å². The molecule has 0 aliphatic carbocycles. The van der Waals surface area contributed by atoms with Crippen LogP contribution >= 0.6 is 0 Å². The summed E-state index contributed by atoms with van der Waals surface area (Å²) in [7, 11) is -2.97. The monoisotopic (exact) mass is 292 g/mol. The van der Waals surface area contributed by atoms with Crippen LogP contribution in [-0.2, 0) is 14.6 Å². The molecule has 0 saturated heterocycles. The van der Waals surface area contributed by atoms with Gasteiger partial charge in [0.05, 0.1) is 4.90 Å². The van der Waals surface area contributed by atoms with Gasteiger partial charge in [0.25, 0.3) is 0 Å². The van der Waals surface area contributed by atoms with Gasteiger partial charge in [-0.25, -0.2) is 8.42 Å². The third kappa shape index (κ3) is 4.25. The van der Waals surface area contributed by atoms with Crippen LogP contribution < -0.4 is 10.6 Å². The summed E-state index contributed by atoms with van der Waals surface area (Å²) in [6.45, 7) is 0.459. The molecule has 19 heavy (non-hydrogen) atoms. The van der Waals surface area contributed by atoms with Crippen LogP contribution in [0.1, 0.15) is 6.42 Å². The third-order valence-corrected chi connectivity index (χ3v) is 3.66. The number of halogens is 2. The molecule has 5 nitrogen and oxygen atoms in total. The molecule has 1 aromatic carbocycles. The summed E-state index contributed by atoms with van der Waals surface area (Å²) in [5.41, 5.74) is 0.169. The van der Waals surface area contributed by atoms with Crippen molar-refractivity contribution in [3.8, 4) is 0 Å². The van der Waals surface area contributed by atoms with Crippen molar-refractivity contribution in [3.63, 3.8) is 0 Å². The molecule has 0 bridgehead atoms. The second-order valence-corrected chi connectivity index (χ2v) is 5.65. The van der Waals surface area contributed by atoms with E-state index in [1.54, 1.807) is 7.05 Å². The number of hydrogen-bond donors (Lipinski definition) is 2. The second kappa shape index (κ2) is 6.58. The maximum absolute atomic E-state index is 12.4. The van der Waals surface area contributed by atoms with Gasteiger partial charge in [0.2, 0.25) is 15.7 Å². The van der Waals surface area contributed by atoms with E-state index in [1.807, 2.05) is 0 Å². The minimum absolute atomic E-state index is 0.169. The summed E-state index contributed by atoms with van der Waals surface area (Å²) in [5.74, 6) is -3.82. The standard InChI is InChI=1S/C11H14F2N2O3S/c1-14-6-5-10(16)15-8-3-2-4-9(7-8)19(17,18)11(12)13/h2-4,7,11,14H,5-6H2,1H3,(H,15,16). The summed E-state index contributed by atoms with van der Waals surface area (Å²) in [6, 6.07) is 4.80. The number of carbonyl (C=O) groups is 1. The fourth-order valence-electron chi connectivity index (χ4n) is 1.32. The number of amides is 1. The van der Waals surface area contributed by atoms with Crippen LogP contribution in [0.3, 0.4) is 0 Å². The summed E-state index contributed by atoms with van der Waals surface area (Å²) in [6.07, 6.45) is 0.197. The summed E-state index contributed by atoms with van der Waals surface area (Å²) in [5, 5.41) is 5.22. The van der Waals surface area contributed by atoms with Gasteiger partial charge in [-0.1, -0.05) is 6.07 Å². The van der Waals surface area contributed by atoms with Crippen LogP contribution in [0.5, 0.6) is 0 Å². The number of nitrogens with one attached hydrogen (secondary N) is 2. The van der Waals surface area contributed by atoms with Gasteiger partial charge >= 0.3 is 5.76 Å². The van der Waals surface area contributed by atoms with E-state index in [1.165, 1.54) is 12.1 Å². The Kier molecular flexibility index (Phi) is 5.37. The van der Waals surface area contributed by atoms with Crippen LogP contribution in [0.15, 0.2) is 29.2 Å². The van der Waals surface area contributed by atoms with Gasteiger partial charge in [-0.3, -0.25) is 4.79 Å². The Morgan fingerprint density at radius 1 is 1.37 bits per heavy atom. The maximum atomic E-state index is 12.4. The van der Waals surface area contributed by atoms with Crippen LogP contribution in [-0.4, -0.2) is 33.7 Å². The average molecular weight is 292 g/mol. The van der Waals surface area contributed by atoms with Crippen molar-refractivity contribution in [2.75, 3.05) is 18.9 Å².